The van der Waals surface area contributed by atoms with Crippen LogP contribution in [0, 0.1) is 12.8 Å². The first-order chi connectivity index (χ1) is 9.98. The molecule has 1 aliphatic heterocycles. The minimum absolute atomic E-state index is 0.426. The van der Waals surface area contributed by atoms with Gasteiger partial charge in [0, 0.05) is 19.6 Å². The number of sulfonamides is 1. The van der Waals surface area contributed by atoms with Gasteiger partial charge >= 0.3 is 0 Å². The van der Waals surface area contributed by atoms with E-state index in [4.69, 9.17) is 5.73 Å². The van der Waals surface area contributed by atoms with Crippen LogP contribution >= 0.6 is 0 Å². The SMILES string of the molecule is CCC1CCCN(S(=O)(=O)c2ccc(CN)cc2C)CC1. The van der Waals surface area contributed by atoms with E-state index in [9.17, 15) is 8.42 Å². The molecule has 118 valence electrons. The van der Waals surface area contributed by atoms with Crippen LogP contribution in [0.15, 0.2) is 23.1 Å². The average molecular weight is 310 g/mol. The molecule has 5 heteroatoms. The van der Waals surface area contributed by atoms with Crippen molar-refractivity contribution >= 4 is 10.0 Å². The van der Waals surface area contributed by atoms with E-state index < -0.39 is 10.0 Å². The Hall–Kier alpha value is -0.910. The van der Waals surface area contributed by atoms with Crippen molar-refractivity contribution in [3.05, 3.63) is 29.3 Å². The first-order valence-electron chi connectivity index (χ1n) is 7.78. The maximum Gasteiger partial charge on any atom is 0.243 e. The summed E-state index contributed by atoms with van der Waals surface area (Å²) in [6, 6.07) is 5.39. The maximum atomic E-state index is 12.9. The second-order valence-electron chi connectivity index (χ2n) is 5.91. The fraction of sp³-hybridized carbons (Fsp3) is 0.625. The Balaban J connectivity index is 2.25. The standard InChI is InChI=1S/C16H26N2O2S/c1-3-14-5-4-9-18(10-8-14)21(19,20)16-7-6-15(12-17)11-13(16)2/h6-7,11,14H,3-5,8-10,12,17H2,1-2H3. The third-order valence-corrected chi connectivity index (χ3v) is 6.54. The first-order valence-corrected chi connectivity index (χ1v) is 9.22. The Morgan fingerprint density at radius 1 is 1.29 bits per heavy atom. The number of hydrogen-bond donors (Lipinski definition) is 1. The third-order valence-electron chi connectivity index (χ3n) is 4.48. The van der Waals surface area contributed by atoms with E-state index in [2.05, 4.69) is 6.92 Å². The van der Waals surface area contributed by atoms with Gasteiger partial charge in [-0.15, -0.1) is 0 Å². The fourth-order valence-electron chi connectivity index (χ4n) is 3.05. The summed E-state index contributed by atoms with van der Waals surface area (Å²) < 4.78 is 27.4. The predicted octanol–water partition coefficient (Wildman–Crippen LogP) is 2.65. The molecule has 2 N–H and O–H groups in total. The summed E-state index contributed by atoms with van der Waals surface area (Å²) in [5, 5.41) is 0. The molecule has 1 aromatic carbocycles. The number of benzene rings is 1. The molecule has 1 saturated heterocycles. The largest absolute Gasteiger partial charge is 0.326 e. The molecule has 1 fully saturated rings. The van der Waals surface area contributed by atoms with Crippen molar-refractivity contribution in [2.45, 2.75) is 51.0 Å². The van der Waals surface area contributed by atoms with E-state index in [1.165, 1.54) is 0 Å². The molecular formula is C16H26N2O2S. The highest BCUT2D eigenvalue weighted by Crippen LogP contribution is 2.26. The highest BCUT2D eigenvalue weighted by atomic mass is 32.2. The van der Waals surface area contributed by atoms with Crippen molar-refractivity contribution in [2.75, 3.05) is 13.1 Å². The van der Waals surface area contributed by atoms with Crippen LogP contribution in [-0.4, -0.2) is 25.8 Å². The summed E-state index contributed by atoms with van der Waals surface area (Å²) in [5.74, 6) is 0.658. The van der Waals surface area contributed by atoms with Crippen molar-refractivity contribution in [3.8, 4) is 0 Å². The van der Waals surface area contributed by atoms with E-state index in [1.807, 2.05) is 19.1 Å². The zero-order valence-corrected chi connectivity index (χ0v) is 13.8. The van der Waals surface area contributed by atoms with Crippen LogP contribution in [-0.2, 0) is 16.6 Å². The van der Waals surface area contributed by atoms with Gasteiger partial charge in [-0.3, -0.25) is 0 Å². The van der Waals surface area contributed by atoms with E-state index in [0.29, 0.717) is 30.4 Å². The van der Waals surface area contributed by atoms with Crippen LogP contribution in [0.3, 0.4) is 0 Å². The van der Waals surface area contributed by atoms with E-state index in [-0.39, 0.29) is 0 Å². The Kier molecular flexibility index (Phi) is 5.41. The number of rotatable bonds is 4. The van der Waals surface area contributed by atoms with Crippen LogP contribution in [0.25, 0.3) is 0 Å². The van der Waals surface area contributed by atoms with Crippen molar-refractivity contribution in [2.24, 2.45) is 11.7 Å². The Labute approximate surface area is 128 Å². The zero-order valence-electron chi connectivity index (χ0n) is 13.0. The van der Waals surface area contributed by atoms with Crippen LogP contribution < -0.4 is 5.73 Å². The molecule has 0 spiro atoms. The van der Waals surface area contributed by atoms with Gasteiger partial charge in [0.25, 0.3) is 0 Å². The molecule has 0 saturated carbocycles. The molecule has 0 bridgehead atoms. The van der Waals surface area contributed by atoms with E-state index in [1.54, 1.807) is 10.4 Å². The first kappa shape index (κ1) is 16.5. The molecule has 0 radical (unpaired) electrons. The highest BCUT2D eigenvalue weighted by Gasteiger charge is 2.28. The fourth-order valence-corrected chi connectivity index (χ4v) is 4.75. The van der Waals surface area contributed by atoms with Gasteiger partial charge < -0.3 is 5.73 Å². The lowest BCUT2D eigenvalue weighted by Crippen LogP contribution is -2.32. The van der Waals surface area contributed by atoms with Gasteiger partial charge in [-0.05, 0) is 49.3 Å². The lowest BCUT2D eigenvalue weighted by atomic mass is 9.98. The molecule has 1 atom stereocenters. The Morgan fingerprint density at radius 2 is 2.05 bits per heavy atom. The number of nitrogens with zero attached hydrogens (tertiary/aromatic N) is 1. The second kappa shape index (κ2) is 6.90. The molecule has 4 nitrogen and oxygen atoms in total. The summed E-state index contributed by atoms with van der Waals surface area (Å²) in [6.07, 6.45) is 4.19. The monoisotopic (exact) mass is 310 g/mol. The molecular weight excluding hydrogens is 284 g/mol. The molecule has 0 aliphatic carbocycles. The molecule has 2 rings (SSSR count). The summed E-state index contributed by atoms with van der Waals surface area (Å²) >= 11 is 0. The zero-order chi connectivity index (χ0) is 15.5. The van der Waals surface area contributed by atoms with Crippen molar-refractivity contribution in [1.29, 1.82) is 0 Å². The number of hydrogen-bond acceptors (Lipinski definition) is 3. The molecule has 1 aliphatic rings. The summed E-state index contributed by atoms with van der Waals surface area (Å²) in [4.78, 5) is 0.426. The molecule has 1 aromatic rings. The van der Waals surface area contributed by atoms with Gasteiger partial charge in [-0.2, -0.15) is 4.31 Å². The molecule has 0 amide bonds. The summed E-state index contributed by atoms with van der Waals surface area (Å²) in [6.45, 7) is 5.74. The quantitative estimate of drug-likeness (QED) is 0.930. The topological polar surface area (TPSA) is 63.4 Å². The Bertz CT molecular complexity index is 584. The molecule has 21 heavy (non-hydrogen) atoms. The van der Waals surface area contributed by atoms with Crippen molar-refractivity contribution in [3.63, 3.8) is 0 Å². The van der Waals surface area contributed by atoms with E-state index >= 15 is 0 Å². The minimum Gasteiger partial charge on any atom is -0.326 e. The van der Waals surface area contributed by atoms with Gasteiger partial charge in [0.2, 0.25) is 10.0 Å². The lowest BCUT2D eigenvalue weighted by Gasteiger charge is -2.21. The Morgan fingerprint density at radius 3 is 2.67 bits per heavy atom. The molecule has 1 unspecified atom stereocenters. The summed E-state index contributed by atoms with van der Waals surface area (Å²) in [7, 11) is -3.38. The number of nitrogens with two attached hydrogens (primary N) is 1. The minimum atomic E-state index is -3.38. The molecule has 1 heterocycles. The van der Waals surface area contributed by atoms with Gasteiger partial charge in [0.1, 0.15) is 0 Å². The average Bonchev–Trinajstić information content (AvgIpc) is 2.72. The van der Waals surface area contributed by atoms with Crippen LogP contribution in [0.1, 0.15) is 43.7 Å². The maximum absolute atomic E-state index is 12.9. The summed E-state index contributed by atoms with van der Waals surface area (Å²) in [5.41, 5.74) is 7.36. The van der Waals surface area contributed by atoms with Crippen molar-refractivity contribution in [1.82, 2.24) is 4.31 Å². The highest BCUT2D eigenvalue weighted by molar-refractivity contribution is 7.89. The predicted molar refractivity (Wildman–Crippen MR) is 85.5 cm³/mol. The van der Waals surface area contributed by atoms with Crippen LogP contribution in [0.2, 0.25) is 0 Å². The van der Waals surface area contributed by atoms with Crippen molar-refractivity contribution < 1.29 is 8.42 Å². The van der Waals surface area contributed by atoms with Gasteiger partial charge in [0.15, 0.2) is 0 Å². The van der Waals surface area contributed by atoms with Gasteiger partial charge in [-0.1, -0.05) is 25.5 Å². The second-order valence-corrected chi connectivity index (χ2v) is 7.82. The van der Waals surface area contributed by atoms with Gasteiger partial charge in [-0.25, -0.2) is 8.42 Å². The van der Waals surface area contributed by atoms with Gasteiger partial charge in [0.05, 0.1) is 4.90 Å². The normalized spacial score (nSPS) is 21.2. The molecule has 0 aromatic heterocycles. The van der Waals surface area contributed by atoms with Crippen LogP contribution in [0.5, 0.6) is 0 Å². The van der Waals surface area contributed by atoms with Crippen LogP contribution in [0.4, 0.5) is 0 Å². The third kappa shape index (κ3) is 3.65. The lowest BCUT2D eigenvalue weighted by molar-refractivity contribution is 0.407. The smallest absolute Gasteiger partial charge is 0.243 e. The number of aryl methyl sites for hydroxylation is 1. The van der Waals surface area contributed by atoms with E-state index in [0.717, 1.165) is 36.8 Å².